The number of amides is 1. The molecule has 2 N–H and O–H groups in total. The van der Waals surface area contributed by atoms with Gasteiger partial charge in [-0.25, -0.2) is 5.43 Å². The van der Waals surface area contributed by atoms with Crippen LogP contribution in [0.4, 0.5) is 11.4 Å². The van der Waals surface area contributed by atoms with E-state index in [9.17, 15) is 30.1 Å². The summed E-state index contributed by atoms with van der Waals surface area (Å²) in [6.07, 6.45) is -1.18. The van der Waals surface area contributed by atoms with Gasteiger partial charge in [0.25, 0.3) is 17.3 Å². The van der Waals surface area contributed by atoms with Gasteiger partial charge in [-0.2, -0.15) is 5.10 Å². The van der Waals surface area contributed by atoms with Crippen LogP contribution in [0, 0.1) is 20.2 Å². The first-order valence-electron chi connectivity index (χ1n) is 8.97. The minimum Gasteiger partial charge on any atom is -0.382 e. The normalized spacial score (nSPS) is 12.1. The van der Waals surface area contributed by atoms with E-state index in [1.807, 2.05) is 0 Å². The van der Waals surface area contributed by atoms with Crippen molar-refractivity contribution in [2.75, 3.05) is 0 Å². The van der Waals surface area contributed by atoms with Gasteiger partial charge >= 0.3 is 0 Å². The number of benzene rings is 3. The lowest BCUT2D eigenvalue weighted by atomic mass is 9.99. The van der Waals surface area contributed by atoms with E-state index < -0.39 is 33.2 Å². The molecule has 1 atom stereocenters. The van der Waals surface area contributed by atoms with Crippen LogP contribution < -0.4 is 5.43 Å². The van der Waals surface area contributed by atoms with Crippen LogP contribution in [-0.2, 0) is 0 Å². The number of aliphatic hydroxyl groups is 1. The Kier molecular flexibility index (Phi) is 6.43. The van der Waals surface area contributed by atoms with Crippen molar-refractivity contribution in [3.63, 3.8) is 0 Å². The van der Waals surface area contributed by atoms with E-state index in [1.54, 1.807) is 60.7 Å². The summed E-state index contributed by atoms with van der Waals surface area (Å²) in [5.41, 5.74) is 1.90. The van der Waals surface area contributed by atoms with Gasteiger partial charge in [-0.1, -0.05) is 60.7 Å². The Morgan fingerprint density at radius 3 is 1.87 bits per heavy atom. The van der Waals surface area contributed by atoms with E-state index in [0.29, 0.717) is 11.1 Å². The zero-order valence-electron chi connectivity index (χ0n) is 15.9. The van der Waals surface area contributed by atoms with Gasteiger partial charge in [0, 0.05) is 17.7 Å². The molecule has 0 bridgehead atoms. The van der Waals surface area contributed by atoms with Crippen molar-refractivity contribution in [3.8, 4) is 0 Å². The van der Waals surface area contributed by atoms with Crippen molar-refractivity contribution in [3.05, 3.63) is 116 Å². The van der Waals surface area contributed by atoms with E-state index in [-0.39, 0.29) is 11.3 Å². The molecule has 0 radical (unpaired) electrons. The summed E-state index contributed by atoms with van der Waals surface area (Å²) in [5.74, 6) is -0.902. The SMILES string of the molecule is O=C(N/N=C(/c1ccccc1)C(O)c1ccccc1)c1cc([N+](=O)[O-])cc([N+](=O)[O-])c1. The smallest absolute Gasteiger partial charge is 0.277 e. The highest BCUT2D eigenvalue weighted by Crippen LogP contribution is 2.23. The van der Waals surface area contributed by atoms with Crippen LogP contribution in [0.2, 0.25) is 0 Å². The van der Waals surface area contributed by atoms with Crippen molar-refractivity contribution < 1.29 is 19.7 Å². The standard InChI is InChI=1S/C21H16N4O6/c26-20(15-9-5-2-6-10-15)19(14-7-3-1-4-8-14)22-23-21(27)16-11-17(24(28)29)13-18(12-16)25(30)31/h1-13,20,26H,(H,23,27)/b22-19-. The number of non-ortho nitro benzene ring substituents is 2. The Labute approximate surface area is 175 Å². The van der Waals surface area contributed by atoms with Gasteiger partial charge in [-0.3, -0.25) is 25.0 Å². The molecule has 0 spiro atoms. The third-order valence-corrected chi connectivity index (χ3v) is 4.31. The van der Waals surface area contributed by atoms with Crippen molar-refractivity contribution in [2.24, 2.45) is 5.10 Å². The quantitative estimate of drug-likeness (QED) is 0.340. The molecule has 10 nitrogen and oxygen atoms in total. The van der Waals surface area contributed by atoms with Crippen LogP contribution in [0.15, 0.2) is 84.0 Å². The second kappa shape index (κ2) is 9.37. The zero-order chi connectivity index (χ0) is 22.4. The lowest BCUT2D eigenvalue weighted by Crippen LogP contribution is -2.23. The number of carbonyl (C=O) groups excluding carboxylic acids is 1. The maximum absolute atomic E-state index is 12.5. The molecule has 0 aliphatic heterocycles. The van der Waals surface area contributed by atoms with Gasteiger partial charge in [0.2, 0.25) is 0 Å². The first-order chi connectivity index (χ1) is 14.9. The molecular weight excluding hydrogens is 404 g/mol. The Hall–Kier alpha value is -4.44. The van der Waals surface area contributed by atoms with Crippen molar-refractivity contribution in [2.45, 2.75) is 6.10 Å². The van der Waals surface area contributed by atoms with Crippen LogP contribution in [0.3, 0.4) is 0 Å². The fraction of sp³-hybridized carbons (Fsp3) is 0.0476. The Bertz CT molecular complexity index is 1120. The molecule has 31 heavy (non-hydrogen) atoms. The fourth-order valence-corrected chi connectivity index (χ4v) is 2.80. The molecule has 0 saturated carbocycles. The number of nitro benzene ring substituents is 2. The van der Waals surface area contributed by atoms with E-state index in [4.69, 9.17) is 0 Å². The number of rotatable bonds is 7. The predicted octanol–water partition coefficient (Wildman–Crippen LogP) is 3.37. The number of hydrogen-bond donors (Lipinski definition) is 2. The maximum atomic E-state index is 12.5. The number of nitrogens with one attached hydrogen (secondary N) is 1. The van der Waals surface area contributed by atoms with Crippen molar-refractivity contribution in [1.29, 1.82) is 0 Å². The highest BCUT2D eigenvalue weighted by atomic mass is 16.6. The Morgan fingerprint density at radius 1 is 0.839 bits per heavy atom. The van der Waals surface area contributed by atoms with Crippen LogP contribution >= 0.6 is 0 Å². The summed E-state index contributed by atoms with van der Waals surface area (Å²) in [7, 11) is 0. The summed E-state index contributed by atoms with van der Waals surface area (Å²) >= 11 is 0. The summed E-state index contributed by atoms with van der Waals surface area (Å²) in [4.78, 5) is 33.0. The molecule has 0 heterocycles. The molecule has 10 heteroatoms. The third-order valence-electron chi connectivity index (χ3n) is 4.31. The highest BCUT2D eigenvalue weighted by Gasteiger charge is 2.21. The van der Waals surface area contributed by atoms with E-state index in [0.717, 1.165) is 18.2 Å². The van der Waals surface area contributed by atoms with Gasteiger partial charge in [0.1, 0.15) is 11.8 Å². The van der Waals surface area contributed by atoms with Crippen LogP contribution in [-0.4, -0.2) is 26.6 Å². The molecule has 0 aromatic heterocycles. The molecule has 3 aromatic rings. The van der Waals surface area contributed by atoms with E-state index in [1.165, 1.54) is 0 Å². The van der Waals surface area contributed by atoms with Gasteiger partial charge < -0.3 is 5.11 Å². The van der Waals surface area contributed by atoms with Crippen LogP contribution in [0.5, 0.6) is 0 Å². The fourth-order valence-electron chi connectivity index (χ4n) is 2.80. The number of hydrogen-bond acceptors (Lipinski definition) is 7. The second-order valence-electron chi connectivity index (χ2n) is 6.37. The highest BCUT2D eigenvalue weighted by molar-refractivity contribution is 6.05. The molecule has 1 unspecified atom stereocenters. The molecule has 0 saturated heterocycles. The lowest BCUT2D eigenvalue weighted by molar-refractivity contribution is -0.394. The first-order valence-corrected chi connectivity index (χ1v) is 8.97. The molecular formula is C21H16N4O6. The number of nitrogens with zero attached hydrogens (tertiary/aromatic N) is 3. The zero-order valence-corrected chi connectivity index (χ0v) is 15.9. The molecule has 3 rings (SSSR count). The number of aliphatic hydroxyl groups excluding tert-OH is 1. The molecule has 0 aliphatic carbocycles. The minimum atomic E-state index is -1.18. The summed E-state index contributed by atoms with van der Waals surface area (Å²) < 4.78 is 0. The van der Waals surface area contributed by atoms with Gasteiger partial charge in [0.05, 0.1) is 21.5 Å². The number of nitro groups is 2. The van der Waals surface area contributed by atoms with Gasteiger partial charge in [-0.05, 0) is 5.56 Å². The molecule has 0 aliphatic rings. The lowest BCUT2D eigenvalue weighted by Gasteiger charge is -2.15. The predicted molar refractivity (Wildman–Crippen MR) is 112 cm³/mol. The topological polar surface area (TPSA) is 148 Å². The Morgan fingerprint density at radius 2 is 1.35 bits per heavy atom. The molecule has 1 amide bonds. The van der Waals surface area contributed by atoms with Gasteiger partial charge in [-0.15, -0.1) is 0 Å². The average molecular weight is 420 g/mol. The number of hydrazone groups is 1. The van der Waals surface area contributed by atoms with Crippen molar-refractivity contribution in [1.82, 2.24) is 5.43 Å². The van der Waals surface area contributed by atoms with E-state index >= 15 is 0 Å². The largest absolute Gasteiger partial charge is 0.382 e. The summed E-state index contributed by atoms with van der Waals surface area (Å²) in [6, 6.07) is 19.8. The summed E-state index contributed by atoms with van der Waals surface area (Å²) in [6.45, 7) is 0. The first kappa shape index (κ1) is 21.3. The minimum absolute atomic E-state index is 0.125. The molecule has 0 fully saturated rings. The second-order valence-corrected chi connectivity index (χ2v) is 6.37. The number of carbonyl (C=O) groups is 1. The van der Waals surface area contributed by atoms with E-state index in [2.05, 4.69) is 10.5 Å². The van der Waals surface area contributed by atoms with Crippen molar-refractivity contribution >= 4 is 23.0 Å². The van der Waals surface area contributed by atoms with Gasteiger partial charge in [0.15, 0.2) is 0 Å². The summed E-state index contributed by atoms with van der Waals surface area (Å²) in [5, 5.41) is 36.9. The average Bonchev–Trinajstić information content (AvgIpc) is 2.79. The molecule has 3 aromatic carbocycles. The van der Waals surface area contributed by atoms with Crippen LogP contribution in [0.1, 0.15) is 27.6 Å². The maximum Gasteiger partial charge on any atom is 0.277 e. The Balaban J connectivity index is 1.96. The monoisotopic (exact) mass is 420 g/mol. The van der Waals surface area contributed by atoms with Crippen LogP contribution in [0.25, 0.3) is 0 Å². The third kappa shape index (κ3) is 5.14. The molecule has 156 valence electrons.